The lowest BCUT2D eigenvalue weighted by molar-refractivity contribution is 0.433. The average molecular weight is 189 g/mol. The van der Waals surface area contributed by atoms with Crippen molar-refractivity contribution in [1.29, 1.82) is 0 Å². The molecule has 12 heavy (non-hydrogen) atoms. The van der Waals surface area contributed by atoms with Crippen molar-refractivity contribution in [2.45, 2.75) is 58.5 Å². The first-order chi connectivity index (χ1) is 5.78. The maximum atomic E-state index is 10.7. The fourth-order valence-corrected chi connectivity index (χ4v) is 1.93. The highest BCUT2D eigenvalue weighted by Gasteiger charge is 2.14. The molecule has 0 radical (unpaired) electrons. The Kier molecular flexibility index (Phi) is 7.80. The third-order valence-electron chi connectivity index (χ3n) is 2.74. The van der Waals surface area contributed by atoms with E-state index in [0.29, 0.717) is 5.66 Å². The molecule has 2 unspecified atom stereocenters. The fourth-order valence-electron chi connectivity index (χ4n) is 1.48. The van der Waals surface area contributed by atoms with Gasteiger partial charge in [0.2, 0.25) is 0 Å². The van der Waals surface area contributed by atoms with E-state index in [1.54, 1.807) is 0 Å². The first kappa shape index (κ1) is 12.1. The van der Waals surface area contributed by atoms with Gasteiger partial charge in [-0.2, -0.15) is 0 Å². The minimum atomic E-state index is -0.0987. The second kappa shape index (κ2) is 7.73. The van der Waals surface area contributed by atoms with Crippen LogP contribution in [0.25, 0.3) is 0 Å². The van der Waals surface area contributed by atoms with E-state index in [-0.39, 0.29) is 8.46 Å². The normalized spacial score (nSPS) is 14.0. The fraction of sp³-hybridized carbons (Fsp3) is 1.00. The summed E-state index contributed by atoms with van der Waals surface area (Å²) in [7, 11) is -0.0987. The lowest BCUT2D eigenvalue weighted by atomic mass is 9.96. The smallest absolute Gasteiger partial charge is 0.0772 e. The van der Waals surface area contributed by atoms with Crippen LogP contribution in [0.15, 0.2) is 0 Å². The van der Waals surface area contributed by atoms with Gasteiger partial charge in [-0.05, 0) is 25.2 Å². The zero-order valence-corrected chi connectivity index (χ0v) is 9.60. The summed E-state index contributed by atoms with van der Waals surface area (Å²) in [6.07, 6.45) is 6.04. The third-order valence-corrected chi connectivity index (χ3v) is 3.77. The third kappa shape index (κ3) is 4.87. The summed E-state index contributed by atoms with van der Waals surface area (Å²) in [5, 5.41) is 0. The molecule has 0 aliphatic heterocycles. The standard InChI is InChI=1S/C10H21OP/c1-4-9(5-2)7-8-10(6-3)12-11/h9-10H,4-8H2,1-3H3/p+1. The molecule has 0 heterocycles. The van der Waals surface area contributed by atoms with Crippen molar-refractivity contribution in [3.05, 3.63) is 0 Å². The largest absolute Gasteiger partial charge is 0.327 e. The van der Waals surface area contributed by atoms with Crippen molar-refractivity contribution in [2.75, 3.05) is 0 Å². The van der Waals surface area contributed by atoms with Gasteiger partial charge in [-0.25, -0.2) is 0 Å². The molecular formula is C10H22OP+. The molecule has 0 N–H and O–H groups in total. The summed E-state index contributed by atoms with van der Waals surface area (Å²) in [6.45, 7) is 6.62. The molecular weight excluding hydrogens is 167 g/mol. The Bertz CT molecular complexity index is 110. The molecule has 0 rings (SSSR count). The first-order valence-electron chi connectivity index (χ1n) is 5.16. The average Bonchev–Trinajstić information content (AvgIpc) is 2.13. The lowest BCUT2D eigenvalue weighted by Crippen LogP contribution is -2.02. The quantitative estimate of drug-likeness (QED) is 0.553. The lowest BCUT2D eigenvalue weighted by Gasteiger charge is -2.11. The molecule has 0 saturated heterocycles. The highest BCUT2D eigenvalue weighted by Crippen LogP contribution is 2.22. The SMILES string of the molecule is CCC(CC)CCC(CC)[PH+]=O. The van der Waals surface area contributed by atoms with Crippen LogP contribution >= 0.6 is 8.46 Å². The second-order valence-corrected chi connectivity index (χ2v) is 4.54. The Morgan fingerprint density at radius 2 is 1.58 bits per heavy atom. The second-order valence-electron chi connectivity index (χ2n) is 3.48. The molecule has 0 aromatic heterocycles. The Morgan fingerprint density at radius 1 is 1.00 bits per heavy atom. The highest BCUT2D eigenvalue weighted by atomic mass is 31.1. The van der Waals surface area contributed by atoms with Crippen molar-refractivity contribution in [3.63, 3.8) is 0 Å². The summed E-state index contributed by atoms with van der Waals surface area (Å²) in [5.74, 6) is 0.857. The molecule has 0 aliphatic rings. The van der Waals surface area contributed by atoms with Crippen molar-refractivity contribution >= 4 is 8.46 Å². The van der Waals surface area contributed by atoms with Crippen molar-refractivity contribution in [1.82, 2.24) is 0 Å². The van der Waals surface area contributed by atoms with Crippen LogP contribution < -0.4 is 0 Å². The molecule has 72 valence electrons. The minimum absolute atomic E-state index is 0.0987. The van der Waals surface area contributed by atoms with Gasteiger partial charge in [0.05, 0.1) is 0 Å². The maximum Gasteiger partial charge on any atom is 0.327 e. The summed E-state index contributed by atoms with van der Waals surface area (Å²) in [4.78, 5) is 0. The van der Waals surface area contributed by atoms with Crippen LogP contribution in [0.5, 0.6) is 0 Å². The predicted octanol–water partition coefficient (Wildman–Crippen LogP) is 4.01. The van der Waals surface area contributed by atoms with Gasteiger partial charge < -0.3 is 0 Å². The zero-order valence-electron chi connectivity index (χ0n) is 8.60. The molecule has 0 fully saturated rings. The van der Waals surface area contributed by atoms with Crippen molar-refractivity contribution < 1.29 is 4.57 Å². The number of hydrogen-bond donors (Lipinski definition) is 0. The molecule has 1 nitrogen and oxygen atoms in total. The van der Waals surface area contributed by atoms with E-state index in [4.69, 9.17) is 0 Å². The molecule has 0 aromatic rings. The van der Waals surface area contributed by atoms with E-state index in [9.17, 15) is 4.57 Å². The number of rotatable bonds is 7. The summed E-state index contributed by atoms with van der Waals surface area (Å²) in [6, 6.07) is 0. The maximum absolute atomic E-state index is 10.7. The van der Waals surface area contributed by atoms with Gasteiger partial charge in [0, 0.05) is 0 Å². The molecule has 2 heteroatoms. The molecule has 0 saturated carbocycles. The van der Waals surface area contributed by atoms with Crippen LogP contribution in [0, 0.1) is 5.92 Å². The van der Waals surface area contributed by atoms with E-state index >= 15 is 0 Å². The molecule has 0 aromatic carbocycles. The number of hydrogen-bond acceptors (Lipinski definition) is 1. The van der Waals surface area contributed by atoms with Gasteiger partial charge in [0.25, 0.3) is 0 Å². The van der Waals surface area contributed by atoms with Gasteiger partial charge >= 0.3 is 8.46 Å². The minimum Gasteiger partial charge on any atom is -0.0772 e. The summed E-state index contributed by atoms with van der Waals surface area (Å²) < 4.78 is 10.7. The Hall–Kier alpha value is 0.100. The summed E-state index contributed by atoms with van der Waals surface area (Å²) >= 11 is 0. The molecule has 0 bridgehead atoms. The van der Waals surface area contributed by atoms with Crippen LogP contribution in [0.1, 0.15) is 52.9 Å². The monoisotopic (exact) mass is 189 g/mol. The van der Waals surface area contributed by atoms with Gasteiger partial charge in [-0.1, -0.05) is 38.2 Å². The van der Waals surface area contributed by atoms with Gasteiger partial charge in [-0.15, -0.1) is 0 Å². The Morgan fingerprint density at radius 3 is 1.92 bits per heavy atom. The van der Waals surface area contributed by atoms with Gasteiger partial charge in [0.1, 0.15) is 0 Å². The van der Waals surface area contributed by atoms with Crippen molar-refractivity contribution in [2.24, 2.45) is 5.92 Å². The molecule has 2 atom stereocenters. The van der Waals surface area contributed by atoms with E-state index in [0.717, 1.165) is 18.8 Å². The van der Waals surface area contributed by atoms with Crippen molar-refractivity contribution in [3.8, 4) is 0 Å². The van der Waals surface area contributed by atoms with Crippen LogP contribution in [0.2, 0.25) is 0 Å². The summed E-state index contributed by atoms with van der Waals surface area (Å²) in [5.41, 5.74) is 0.464. The topological polar surface area (TPSA) is 17.1 Å². The first-order valence-corrected chi connectivity index (χ1v) is 6.14. The molecule has 0 spiro atoms. The molecule has 0 amide bonds. The van der Waals surface area contributed by atoms with E-state index in [2.05, 4.69) is 20.8 Å². The highest BCUT2D eigenvalue weighted by molar-refractivity contribution is 7.24. The van der Waals surface area contributed by atoms with E-state index in [1.807, 2.05) is 0 Å². The predicted molar refractivity (Wildman–Crippen MR) is 56.4 cm³/mol. The molecule has 0 aliphatic carbocycles. The van der Waals surface area contributed by atoms with Crippen LogP contribution in [0.3, 0.4) is 0 Å². The van der Waals surface area contributed by atoms with Gasteiger partial charge in [0.15, 0.2) is 5.66 Å². The Labute approximate surface area is 78.1 Å². The Balaban J connectivity index is 3.55. The van der Waals surface area contributed by atoms with Gasteiger partial charge in [-0.3, -0.25) is 0 Å². The van der Waals surface area contributed by atoms with E-state index in [1.165, 1.54) is 19.3 Å². The van der Waals surface area contributed by atoms with Crippen LogP contribution in [0.4, 0.5) is 0 Å². The van der Waals surface area contributed by atoms with Crippen LogP contribution in [-0.4, -0.2) is 5.66 Å². The zero-order chi connectivity index (χ0) is 9.40. The van der Waals surface area contributed by atoms with Crippen LogP contribution in [-0.2, 0) is 4.57 Å². The van der Waals surface area contributed by atoms with E-state index < -0.39 is 0 Å².